The minimum absolute atomic E-state index is 0.0532. The molecule has 0 spiro atoms. The fraction of sp³-hybridized carbons (Fsp3) is 0.353. The third kappa shape index (κ3) is 4.38. The maximum absolute atomic E-state index is 11.3. The molecule has 110 valence electrons. The zero-order chi connectivity index (χ0) is 15.2. The van der Waals surface area contributed by atoms with E-state index in [1.807, 2.05) is 6.07 Å². The number of amides is 1. The van der Waals surface area contributed by atoms with Gasteiger partial charge in [-0.25, -0.2) is 5.43 Å². The maximum Gasteiger partial charge on any atom is 0.234 e. The number of hydrogen-bond donors (Lipinski definition) is 2. The summed E-state index contributed by atoms with van der Waals surface area (Å²) in [4.78, 5) is 12.5. The Morgan fingerprint density at radius 3 is 3.10 bits per heavy atom. The van der Waals surface area contributed by atoms with Crippen molar-refractivity contribution in [2.45, 2.75) is 31.2 Å². The van der Waals surface area contributed by atoms with Crippen molar-refractivity contribution >= 4 is 23.2 Å². The molecule has 2 rings (SSSR count). The standard InChI is InChI=1S/C17H20N2OS/c1-4-8-21-15-7-5-6-14(11-15)12(2)9-16-13(3)10-17(20)19-18-16/h1,5-7,9,11,13,16,18H,8,10H2,2-3H3,(H,19,20)/b12-9+. The van der Waals surface area contributed by atoms with Gasteiger partial charge in [-0.3, -0.25) is 10.2 Å². The van der Waals surface area contributed by atoms with E-state index in [0.717, 1.165) is 0 Å². The number of carbonyl (C=O) groups excluding carboxylic acids is 1. The number of carbonyl (C=O) groups is 1. The Labute approximate surface area is 130 Å². The highest BCUT2D eigenvalue weighted by Gasteiger charge is 2.23. The summed E-state index contributed by atoms with van der Waals surface area (Å²) in [6, 6.07) is 8.52. The first-order chi connectivity index (χ1) is 10.1. The largest absolute Gasteiger partial charge is 0.291 e. The SMILES string of the molecule is C#CCSc1cccc(/C(C)=C/C2NNC(=O)CC2C)c1. The molecule has 1 aromatic carbocycles. The van der Waals surface area contributed by atoms with Crippen LogP contribution in [-0.2, 0) is 4.79 Å². The monoisotopic (exact) mass is 300 g/mol. The number of thioether (sulfide) groups is 1. The van der Waals surface area contributed by atoms with E-state index in [1.54, 1.807) is 11.8 Å². The highest BCUT2D eigenvalue weighted by atomic mass is 32.2. The molecule has 0 saturated carbocycles. The predicted molar refractivity (Wildman–Crippen MR) is 88.5 cm³/mol. The fourth-order valence-corrected chi connectivity index (χ4v) is 2.94. The van der Waals surface area contributed by atoms with E-state index in [4.69, 9.17) is 6.42 Å². The van der Waals surface area contributed by atoms with Crippen LogP contribution in [0, 0.1) is 18.3 Å². The van der Waals surface area contributed by atoms with Gasteiger partial charge in [0.1, 0.15) is 0 Å². The van der Waals surface area contributed by atoms with Crippen molar-refractivity contribution in [1.82, 2.24) is 10.9 Å². The molecule has 2 unspecified atom stereocenters. The smallest absolute Gasteiger partial charge is 0.234 e. The van der Waals surface area contributed by atoms with Gasteiger partial charge in [-0.05, 0) is 36.1 Å². The molecule has 4 heteroatoms. The van der Waals surface area contributed by atoms with Gasteiger partial charge in [0.05, 0.1) is 5.75 Å². The van der Waals surface area contributed by atoms with E-state index < -0.39 is 0 Å². The number of terminal acetylenes is 1. The van der Waals surface area contributed by atoms with Gasteiger partial charge in [0.2, 0.25) is 5.91 Å². The fourth-order valence-electron chi connectivity index (χ4n) is 2.30. The Morgan fingerprint density at radius 1 is 1.57 bits per heavy atom. The average Bonchev–Trinajstić information content (AvgIpc) is 2.48. The van der Waals surface area contributed by atoms with Gasteiger partial charge >= 0.3 is 0 Å². The summed E-state index contributed by atoms with van der Waals surface area (Å²) >= 11 is 1.66. The summed E-state index contributed by atoms with van der Waals surface area (Å²) in [7, 11) is 0. The second-order valence-electron chi connectivity index (χ2n) is 5.27. The normalized spacial score (nSPS) is 22.5. The van der Waals surface area contributed by atoms with E-state index in [-0.39, 0.29) is 17.9 Å². The zero-order valence-corrected chi connectivity index (χ0v) is 13.2. The summed E-state index contributed by atoms with van der Waals surface area (Å²) in [5.74, 6) is 3.66. The van der Waals surface area contributed by atoms with Gasteiger partial charge in [0.15, 0.2) is 0 Å². The molecule has 0 aromatic heterocycles. The summed E-state index contributed by atoms with van der Waals surface area (Å²) in [6.45, 7) is 4.18. The topological polar surface area (TPSA) is 41.1 Å². The molecule has 1 amide bonds. The number of rotatable bonds is 4. The number of hydrazine groups is 1. The van der Waals surface area contributed by atoms with Crippen LogP contribution in [0.2, 0.25) is 0 Å². The lowest BCUT2D eigenvalue weighted by Crippen LogP contribution is -2.52. The van der Waals surface area contributed by atoms with Crippen LogP contribution < -0.4 is 10.9 Å². The lowest BCUT2D eigenvalue weighted by Gasteiger charge is -2.28. The highest BCUT2D eigenvalue weighted by Crippen LogP contribution is 2.24. The van der Waals surface area contributed by atoms with Crippen LogP contribution >= 0.6 is 11.8 Å². The van der Waals surface area contributed by atoms with E-state index >= 15 is 0 Å². The van der Waals surface area contributed by atoms with Gasteiger partial charge in [0.25, 0.3) is 0 Å². The third-order valence-electron chi connectivity index (χ3n) is 3.54. The second kappa shape index (κ2) is 7.35. The van der Waals surface area contributed by atoms with Gasteiger partial charge < -0.3 is 0 Å². The molecule has 0 aliphatic carbocycles. The summed E-state index contributed by atoms with van der Waals surface area (Å²) in [5.41, 5.74) is 8.14. The average molecular weight is 300 g/mol. The third-order valence-corrected chi connectivity index (χ3v) is 4.44. The molecule has 1 aliphatic rings. The Hall–Kier alpha value is -1.70. The van der Waals surface area contributed by atoms with Gasteiger partial charge in [-0.15, -0.1) is 18.2 Å². The summed E-state index contributed by atoms with van der Waals surface area (Å²) in [5, 5.41) is 0. The number of nitrogens with one attached hydrogen (secondary N) is 2. The molecule has 1 saturated heterocycles. The molecule has 1 aliphatic heterocycles. The van der Waals surface area contributed by atoms with Gasteiger partial charge in [-0.2, -0.15) is 0 Å². The van der Waals surface area contributed by atoms with E-state index in [9.17, 15) is 4.79 Å². The molecular formula is C17H20N2OS. The van der Waals surface area contributed by atoms with Crippen molar-refractivity contribution in [3.8, 4) is 12.3 Å². The Morgan fingerprint density at radius 2 is 2.38 bits per heavy atom. The number of allylic oxidation sites excluding steroid dienone is 1. The van der Waals surface area contributed by atoms with Crippen LogP contribution in [0.1, 0.15) is 25.8 Å². The van der Waals surface area contributed by atoms with Crippen molar-refractivity contribution < 1.29 is 4.79 Å². The van der Waals surface area contributed by atoms with Crippen LogP contribution in [0.4, 0.5) is 0 Å². The second-order valence-corrected chi connectivity index (χ2v) is 6.32. The van der Waals surface area contributed by atoms with Crippen molar-refractivity contribution in [3.63, 3.8) is 0 Å². The zero-order valence-electron chi connectivity index (χ0n) is 12.3. The number of benzene rings is 1. The molecule has 1 heterocycles. The predicted octanol–water partition coefficient (Wildman–Crippen LogP) is 2.84. The van der Waals surface area contributed by atoms with E-state index in [0.29, 0.717) is 12.2 Å². The highest BCUT2D eigenvalue weighted by molar-refractivity contribution is 7.99. The van der Waals surface area contributed by atoms with Crippen LogP contribution in [0.25, 0.3) is 5.57 Å². The molecule has 2 atom stereocenters. The molecule has 2 N–H and O–H groups in total. The molecule has 21 heavy (non-hydrogen) atoms. The van der Waals surface area contributed by atoms with Crippen LogP contribution in [0.3, 0.4) is 0 Å². The van der Waals surface area contributed by atoms with Crippen molar-refractivity contribution in [3.05, 3.63) is 35.9 Å². The van der Waals surface area contributed by atoms with Crippen LogP contribution in [-0.4, -0.2) is 17.7 Å². The minimum atomic E-state index is 0.0532. The van der Waals surface area contributed by atoms with E-state index in [2.05, 4.69) is 54.9 Å². The number of hydrogen-bond acceptors (Lipinski definition) is 3. The van der Waals surface area contributed by atoms with Gasteiger partial charge in [0, 0.05) is 17.4 Å². The van der Waals surface area contributed by atoms with E-state index in [1.165, 1.54) is 16.0 Å². The molecule has 1 aromatic rings. The molecule has 0 bridgehead atoms. The molecule has 1 fully saturated rings. The Balaban J connectivity index is 2.11. The quantitative estimate of drug-likeness (QED) is 0.663. The summed E-state index contributed by atoms with van der Waals surface area (Å²) < 4.78 is 0. The van der Waals surface area contributed by atoms with Crippen LogP contribution in [0.5, 0.6) is 0 Å². The van der Waals surface area contributed by atoms with Crippen molar-refractivity contribution in [2.24, 2.45) is 5.92 Å². The van der Waals surface area contributed by atoms with Crippen LogP contribution in [0.15, 0.2) is 35.2 Å². The minimum Gasteiger partial charge on any atom is -0.291 e. The Bertz CT molecular complexity index is 589. The Kier molecular flexibility index (Phi) is 5.49. The van der Waals surface area contributed by atoms with Gasteiger partial charge in [-0.1, -0.05) is 31.1 Å². The first kappa shape index (κ1) is 15.7. The van der Waals surface area contributed by atoms with Crippen molar-refractivity contribution in [1.29, 1.82) is 0 Å². The molecular weight excluding hydrogens is 280 g/mol. The first-order valence-corrected chi connectivity index (χ1v) is 7.98. The maximum atomic E-state index is 11.3. The molecule has 0 radical (unpaired) electrons. The summed E-state index contributed by atoms with van der Waals surface area (Å²) in [6.07, 6.45) is 8.03. The molecule has 3 nitrogen and oxygen atoms in total. The lowest BCUT2D eigenvalue weighted by atomic mass is 9.93. The van der Waals surface area contributed by atoms with Crippen molar-refractivity contribution in [2.75, 3.05) is 5.75 Å². The lowest BCUT2D eigenvalue weighted by molar-refractivity contribution is -0.125. The first-order valence-electron chi connectivity index (χ1n) is 6.99.